The van der Waals surface area contributed by atoms with Crippen LogP contribution in [0.4, 0.5) is 10.1 Å². The molecule has 1 aromatic carbocycles. The molecule has 2 rings (SSSR count). The molecule has 0 amide bonds. The van der Waals surface area contributed by atoms with Gasteiger partial charge in [0.05, 0.1) is 5.75 Å². The molecule has 0 radical (unpaired) electrons. The largest absolute Gasteiger partial charge is 0.389 e. The normalized spacial score (nSPS) is 15.4. The molecule has 1 fully saturated rings. The first-order valence-corrected chi connectivity index (χ1v) is 7.53. The van der Waals surface area contributed by atoms with Gasteiger partial charge in [0.2, 0.25) is 10.0 Å². The first-order chi connectivity index (χ1) is 8.37. The zero-order chi connectivity index (χ0) is 13.3. The molecule has 0 aromatic heterocycles. The van der Waals surface area contributed by atoms with Gasteiger partial charge in [0.25, 0.3) is 0 Å². The standard InChI is InChI=1S/C11H13FN2O2S2/c12-10-4-3-8(5-9(10)11(13)17)14-18(15,16)6-7-1-2-7/h3-5,7,14H,1-2,6H2,(H2,13,17). The molecule has 4 nitrogen and oxygen atoms in total. The van der Waals surface area contributed by atoms with Gasteiger partial charge in [0.15, 0.2) is 0 Å². The van der Waals surface area contributed by atoms with Crippen molar-refractivity contribution in [2.45, 2.75) is 12.8 Å². The Morgan fingerprint density at radius 3 is 2.72 bits per heavy atom. The monoisotopic (exact) mass is 288 g/mol. The smallest absolute Gasteiger partial charge is 0.232 e. The van der Waals surface area contributed by atoms with E-state index >= 15 is 0 Å². The first-order valence-electron chi connectivity index (χ1n) is 5.47. The number of benzene rings is 1. The molecule has 98 valence electrons. The summed E-state index contributed by atoms with van der Waals surface area (Å²) in [6.45, 7) is 0. The van der Waals surface area contributed by atoms with Crippen LogP contribution in [0.15, 0.2) is 18.2 Å². The Kier molecular flexibility index (Phi) is 3.54. The van der Waals surface area contributed by atoms with E-state index in [0.717, 1.165) is 18.9 Å². The van der Waals surface area contributed by atoms with E-state index in [0.29, 0.717) is 0 Å². The molecule has 0 atom stereocenters. The van der Waals surface area contributed by atoms with Crippen molar-refractivity contribution >= 4 is 32.9 Å². The third-order valence-corrected chi connectivity index (χ3v) is 4.33. The van der Waals surface area contributed by atoms with Crippen LogP contribution in [-0.2, 0) is 10.0 Å². The number of nitrogens with two attached hydrogens (primary N) is 1. The summed E-state index contributed by atoms with van der Waals surface area (Å²) in [6, 6.07) is 3.80. The lowest BCUT2D eigenvalue weighted by molar-refractivity contribution is 0.597. The highest BCUT2D eigenvalue weighted by Crippen LogP contribution is 2.30. The maximum Gasteiger partial charge on any atom is 0.232 e. The fourth-order valence-corrected chi connectivity index (χ4v) is 3.27. The number of halogens is 1. The van der Waals surface area contributed by atoms with Crippen LogP contribution in [0, 0.1) is 11.7 Å². The number of anilines is 1. The van der Waals surface area contributed by atoms with Crippen LogP contribution in [0.2, 0.25) is 0 Å². The van der Waals surface area contributed by atoms with Crippen LogP contribution >= 0.6 is 12.2 Å². The van der Waals surface area contributed by atoms with Gasteiger partial charge in [-0.3, -0.25) is 4.72 Å². The Labute approximate surface area is 110 Å². The molecule has 0 spiro atoms. The summed E-state index contributed by atoms with van der Waals surface area (Å²) in [5, 5.41) is 0. The number of nitrogens with one attached hydrogen (secondary N) is 1. The van der Waals surface area contributed by atoms with Crippen LogP contribution in [0.25, 0.3) is 0 Å². The van der Waals surface area contributed by atoms with Crippen LogP contribution in [-0.4, -0.2) is 19.2 Å². The van der Waals surface area contributed by atoms with E-state index in [1.54, 1.807) is 0 Å². The van der Waals surface area contributed by atoms with Gasteiger partial charge in [-0.2, -0.15) is 0 Å². The minimum absolute atomic E-state index is 0.0385. The summed E-state index contributed by atoms with van der Waals surface area (Å²) in [5.74, 6) is -0.210. The lowest BCUT2D eigenvalue weighted by Crippen LogP contribution is -2.19. The van der Waals surface area contributed by atoms with E-state index in [4.69, 9.17) is 18.0 Å². The van der Waals surface area contributed by atoms with Crippen molar-refractivity contribution in [3.63, 3.8) is 0 Å². The predicted molar refractivity (Wildman–Crippen MR) is 72.4 cm³/mol. The van der Waals surface area contributed by atoms with Crippen molar-refractivity contribution in [1.29, 1.82) is 0 Å². The van der Waals surface area contributed by atoms with Crippen molar-refractivity contribution in [3.05, 3.63) is 29.6 Å². The zero-order valence-electron chi connectivity index (χ0n) is 9.52. The molecular formula is C11H13FN2O2S2. The molecule has 1 saturated carbocycles. The molecule has 1 aliphatic carbocycles. The van der Waals surface area contributed by atoms with Gasteiger partial charge in [-0.1, -0.05) is 12.2 Å². The fraction of sp³-hybridized carbons (Fsp3) is 0.364. The summed E-state index contributed by atoms with van der Waals surface area (Å²) >= 11 is 4.69. The van der Waals surface area contributed by atoms with Crippen molar-refractivity contribution in [2.24, 2.45) is 11.7 Å². The van der Waals surface area contributed by atoms with Crippen molar-refractivity contribution in [3.8, 4) is 0 Å². The van der Waals surface area contributed by atoms with Crippen molar-refractivity contribution in [1.82, 2.24) is 0 Å². The second-order valence-corrected chi connectivity index (χ2v) is 6.59. The summed E-state index contributed by atoms with van der Waals surface area (Å²) in [4.78, 5) is -0.101. The Balaban J connectivity index is 2.18. The SMILES string of the molecule is NC(=S)c1cc(NS(=O)(=O)CC2CC2)ccc1F. The van der Waals surface area contributed by atoms with Gasteiger partial charge in [0, 0.05) is 11.3 Å². The van der Waals surface area contributed by atoms with Crippen molar-refractivity contribution in [2.75, 3.05) is 10.5 Å². The minimum Gasteiger partial charge on any atom is -0.389 e. The van der Waals surface area contributed by atoms with E-state index in [9.17, 15) is 12.8 Å². The highest BCUT2D eigenvalue weighted by Gasteiger charge is 2.28. The highest BCUT2D eigenvalue weighted by atomic mass is 32.2. The first kappa shape index (κ1) is 13.2. The zero-order valence-corrected chi connectivity index (χ0v) is 11.2. The van der Waals surface area contributed by atoms with Crippen LogP contribution in [0.3, 0.4) is 0 Å². The molecular weight excluding hydrogens is 275 g/mol. The van der Waals surface area contributed by atoms with Gasteiger partial charge >= 0.3 is 0 Å². The van der Waals surface area contributed by atoms with E-state index < -0.39 is 15.8 Å². The van der Waals surface area contributed by atoms with Crippen LogP contribution in [0.1, 0.15) is 18.4 Å². The molecule has 1 aliphatic rings. The number of hydrogen-bond acceptors (Lipinski definition) is 3. The second kappa shape index (κ2) is 4.81. The molecule has 0 bridgehead atoms. The molecule has 0 unspecified atom stereocenters. The number of thiocarbonyl (C=S) groups is 1. The third kappa shape index (κ3) is 3.39. The molecule has 0 aliphatic heterocycles. The van der Waals surface area contributed by atoms with Crippen LogP contribution < -0.4 is 10.5 Å². The van der Waals surface area contributed by atoms with Gasteiger partial charge in [-0.25, -0.2) is 12.8 Å². The lowest BCUT2D eigenvalue weighted by atomic mass is 10.2. The molecule has 0 saturated heterocycles. The number of sulfonamides is 1. The molecule has 3 N–H and O–H groups in total. The Hall–Kier alpha value is -1.21. The summed E-state index contributed by atoms with van der Waals surface area (Å²) in [7, 11) is -3.38. The average molecular weight is 288 g/mol. The molecule has 18 heavy (non-hydrogen) atoms. The van der Waals surface area contributed by atoms with E-state index in [1.165, 1.54) is 12.1 Å². The van der Waals surface area contributed by atoms with Gasteiger partial charge in [-0.15, -0.1) is 0 Å². The van der Waals surface area contributed by atoms with Gasteiger partial charge in [0.1, 0.15) is 10.8 Å². The molecule has 1 aromatic rings. The fourth-order valence-electron chi connectivity index (χ4n) is 1.59. The molecule has 0 heterocycles. The highest BCUT2D eigenvalue weighted by molar-refractivity contribution is 7.92. The maximum absolute atomic E-state index is 13.3. The average Bonchev–Trinajstić information content (AvgIpc) is 3.03. The Morgan fingerprint density at radius 2 is 2.17 bits per heavy atom. The second-order valence-electron chi connectivity index (χ2n) is 4.39. The number of hydrogen-bond donors (Lipinski definition) is 2. The van der Waals surface area contributed by atoms with E-state index in [1.807, 2.05) is 0 Å². The van der Waals surface area contributed by atoms with Crippen LogP contribution in [0.5, 0.6) is 0 Å². The summed E-state index contributed by atoms with van der Waals surface area (Å²) in [5.41, 5.74) is 5.67. The van der Waals surface area contributed by atoms with Gasteiger partial charge < -0.3 is 5.73 Å². The third-order valence-electron chi connectivity index (χ3n) is 2.66. The lowest BCUT2D eigenvalue weighted by Gasteiger charge is -2.09. The quantitative estimate of drug-likeness (QED) is 0.807. The van der Waals surface area contributed by atoms with E-state index in [2.05, 4.69) is 4.72 Å². The number of rotatable bonds is 5. The predicted octanol–water partition coefficient (Wildman–Crippen LogP) is 1.61. The maximum atomic E-state index is 13.3. The Bertz CT molecular complexity index is 583. The summed E-state index contributed by atoms with van der Waals surface area (Å²) < 4.78 is 39.2. The molecule has 7 heteroatoms. The summed E-state index contributed by atoms with van der Waals surface area (Å²) in [6.07, 6.45) is 1.89. The van der Waals surface area contributed by atoms with Crippen molar-refractivity contribution < 1.29 is 12.8 Å². The van der Waals surface area contributed by atoms with Gasteiger partial charge in [-0.05, 0) is 37.0 Å². The minimum atomic E-state index is -3.38. The topological polar surface area (TPSA) is 72.2 Å². The van der Waals surface area contributed by atoms with E-state index in [-0.39, 0.29) is 27.9 Å². The Morgan fingerprint density at radius 1 is 1.50 bits per heavy atom.